The highest BCUT2D eigenvalue weighted by atomic mass is 16.7. The Morgan fingerprint density at radius 2 is 1.41 bits per heavy atom. The molecule has 3 aromatic rings. The minimum Gasteiger partial charge on any atom is -0.489 e. The van der Waals surface area contributed by atoms with Crippen LogP contribution in [0.25, 0.3) is 10.8 Å². The smallest absolute Gasteiger partial charge is 0.489 e. The van der Waals surface area contributed by atoms with E-state index < -0.39 is 0 Å². The number of fused-ring (bicyclic) bond motifs is 1. The van der Waals surface area contributed by atoms with Gasteiger partial charge in [-0.25, -0.2) is 0 Å². The Morgan fingerprint density at radius 1 is 0.778 bits per heavy atom. The monoisotopic (exact) mass is 360 g/mol. The molecule has 0 atom stereocenters. The molecule has 0 spiro atoms. The van der Waals surface area contributed by atoms with Gasteiger partial charge in [0, 0.05) is 0 Å². The van der Waals surface area contributed by atoms with E-state index in [9.17, 15) is 0 Å². The summed E-state index contributed by atoms with van der Waals surface area (Å²) in [5.41, 5.74) is 1.50. The summed E-state index contributed by atoms with van der Waals surface area (Å²) >= 11 is 0. The van der Waals surface area contributed by atoms with Gasteiger partial charge in [-0.2, -0.15) is 0 Å². The first kappa shape index (κ1) is 18.1. The molecule has 27 heavy (non-hydrogen) atoms. The van der Waals surface area contributed by atoms with Gasteiger partial charge in [-0.05, 0) is 67.7 Å². The summed E-state index contributed by atoms with van der Waals surface area (Å²) in [5, 5.41) is 2.47. The first-order valence-electron chi connectivity index (χ1n) is 9.40. The Kier molecular flexibility index (Phi) is 4.49. The lowest BCUT2D eigenvalue weighted by molar-refractivity contribution is 0.00578. The first-order chi connectivity index (χ1) is 12.8. The molecule has 1 aliphatic heterocycles. The maximum Gasteiger partial charge on any atom is 0.494 e. The SMILES string of the molecule is CC1(C)OB(c2ccc(OCc3ccc4ccccc4c3)cc2)OC1(C)C. The molecule has 0 saturated carbocycles. The normalized spacial score (nSPS) is 18.0. The van der Waals surface area contributed by atoms with Gasteiger partial charge >= 0.3 is 7.12 Å². The van der Waals surface area contributed by atoms with Crippen LogP contribution in [-0.2, 0) is 15.9 Å². The van der Waals surface area contributed by atoms with Gasteiger partial charge in [0.1, 0.15) is 12.4 Å². The molecule has 3 aromatic carbocycles. The van der Waals surface area contributed by atoms with Crippen LogP contribution in [0.15, 0.2) is 66.7 Å². The van der Waals surface area contributed by atoms with Crippen molar-refractivity contribution in [1.82, 2.24) is 0 Å². The molecular formula is C23H25BO3. The molecule has 4 rings (SSSR count). The van der Waals surface area contributed by atoms with Crippen molar-refractivity contribution >= 4 is 23.4 Å². The lowest BCUT2D eigenvalue weighted by Crippen LogP contribution is -2.41. The molecular weight excluding hydrogens is 335 g/mol. The van der Waals surface area contributed by atoms with Crippen LogP contribution in [0.3, 0.4) is 0 Å². The molecule has 1 heterocycles. The molecule has 4 heteroatoms. The molecule has 0 aliphatic carbocycles. The van der Waals surface area contributed by atoms with E-state index >= 15 is 0 Å². The molecule has 0 amide bonds. The van der Waals surface area contributed by atoms with Gasteiger partial charge in [-0.3, -0.25) is 0 Å². The average molecular weight is 360 g/mol. The summed E-state index contributed by atoms with van der Waals surface area (Å²) in [6.07, 6.45) is 0. The predicted molar refractivity (Wildman–Crippen MR) is 110 cm³/mol. The van der Waals surface area contributed by atoms with Gasteiger partial charge in [0.2, 0.25) is 0 Å². The summed E-state index contributed by atoms with van der Waals surface area (Å²) in [6.45, 7) is 8.80. The largest absolute Gasteiger partial charge is 0.494 e. The van der Waals surface area contributed by atoms with Crippen LogP contribution in [-0.4, -0.2) is 18.3 Å². The van der Waals surface area contributed by atoms with Gasteiger partial charge in [-0.15, -0.1) is 0 Å². The summed E-state index contributed by atoms with van der Waals surface area (Å²) < 4.78 is 18.2. The van der Waals surface area contributed by atoms with Crippen LogP contribution in [0.4, 0.5) is 0 Å². The number of benzene rings is 3. The molecule has 0 radical (unpaired) electrons. The minimum absolute atomic E-state index is 0.330. The van der Waals surface area contributed by atoms with Crippen LogP contribution in [0.2, 0.25) is 0 Å². The zero-order valence-corrected chi connectivity index (χ0v) is 16.4. The third-order valence-corrected chi connectivity index (χ3v) is 5.62. The van der Waals surface area contributed by atoms with E-state index in [2.05, 4.69) is 70.2 Å². The lowest BCUT2D eigenvalue weighted by atomic mass is 9.79. The van der Waals surface area contributed by atoms with E-state index in [1.54, 1.807) is 0 Å². The second-order valence-electron chi connectivity index (χ2n) is 8.13. The van der Waals surface area contributed by atoms with Crippen LogP contribution >= 0.6 is 0 Å². The topological polar surface area (TPSA) is 27.7 Å². The van der Waals surface area contributed by atoms with Crippen molar-refractivity contribution in [1.29, 1.82) is 0 Å². The lowest BCUT2D eigenvalue weighted by Gasteiger charge is -2.32. The number of ether oxygens (including phenoxy) is 1. The fourth-order valence-corrected chi connectivity index (χ4v) is 3.20. The fourth-order valence-electron chi connectivity index (χ4n) is 3.20. The molecule has 0 N–H and O–H groups in total. The van der Waals surface area contributed by atoms with Gasteiger partial charge < -0.3 is 14.0 Å². The predicted octanol–water partition coefficient (Wildman–Crippen LogP) is 4.72. The van der Waals surface area contributed by atoms with Crippen molar-refractivity contribution < 1.29 is 14.0 Å². The van der Waals surface area contributed by atoms with Gasteiger partial charge in [0.05, 0.1) is 11.2 Å². The quantitative estimate of drug-likeness (QED) is 0.631. The summed E-state index contributed by atoms with van der Waals surface area (Å²) in [7, 11) is -0.343. The van der Waals surface area contributed by atoms with E-state index in [0.29, 0.717) is 6.61 Å². The second-order valence-corrected chi connectivity index (χ2v) is 8.13. The molecule has 0 unspecified atom stereocenters. The summed E-state index contributed by atoms with van der Waals surface area (Å²) in [5.74, 6) is 0.837. The number of hydrogen-bond donors (Lipinski definition) is 0. The minimum atomic E-state index is -0.343. The third kappa shape index (κ3) is 3.60. The van der Waals surface area contributed by atoms with Gasteiger partial charge in [-0.1, -0.05) is 48.5 Å². The van der Waals surface area contributed by atoms with Crippen molar-refractivity contribution in [2.45, 2.75) is 45.5 Å². The van der Waals surface area contributed by atoms with Crippen molar-refractivity contribution in [2.24, 2.45) is 0 Å². The highest BCUT2D eigenvalue weighted by Crippen LogP contribution is 2.36. The van der Waals surface area contributed by atoms with Crippen molar-refractivity contribution in [3.05, 3.63) is 72.3 Å². The fraction of sp³-hybridized carbons (Fsp3) is 0.304. The van der Waals surface area contributed by atoms with Crippen LogP contribution in [0.5, 0.6) is 5.75 Å². The molecule has 0 bridgehead atoms. The molecule has 0 aromatic heterocycles. The Morgan fingerprint density at radius 3 is 2.07 bits per heavy atom. The average Bonchev–Trinajstić information content (AvgIpc) is 2.88. The molecule has 1 saturated heterocycles. The molecule has 3 nitrogen and oxygen atoms in total. The van der Waals surface area contributed by atoms with E-state index in [1.807, 2.05) is 24.3 Å². The molecule has 1 aliphatic rings. The zero-order chi connectivity index (χ0) is 19.1. The highest BCUT2D eigenvalue weighted by Gasteiger charge is 2.51. The van der Waals surface area contributed by atoms with E-state index in [1.165, 1.54) is 10.8 Å². The number of hydrogen-bond acceptors (Lipinski definition) is 3. The third-order valence-electron chi connectivity index (χ3n) is 5.62. The zero-order valence-electron chi connectivity index (χ0n) is 16.4. The van der Waals surface area contributed by atoms with Crippen LogP contribution in [0.1, 0.15) is 33.3 Å². The van der Waals surface area contributed by atoms with E-state index in [-0.39, 0.29) is 18.3 Å². The Labute approximate surface area is 161 Å². The summed E-state index contributed by atoms with van der Waals surface area (Å²) in [6, 6.07) is 22.7. The van der Waals surface area contributed by atoms with Crippen LogP contribution < -0.4 is 10.2 Å². The second kappa shape index (κ2) is 6.70. The Balaban J connectivity index is 1.42. The van der Waals surface area contributed by atoms with E-state index in [0.717, 1.165) is 16.8 Å². The Hall–Kier alpha value is -2.30. The van der Waals surface area contributed by atoms with Gasteiger partial charge in [0.15, 0.2) is 0 Å². The molecule has 1 fully saturated rings. The molecule has 138 valence electrons. The van der Waals surface area contributed by atoms with Gasteiger partial charge in [0.25, 0.3) is 0 Å². The van der Waals surface area contributed by atoms with Crippen molar-refractivity contribution in [2.75, 3.05) is 0 Å². The standard InChI is InChI=1S/C23H25BO3/c1-22(2)23(3,4)27-24(26-22)20-11-13-21(14-12-20)25-16-17-9-10-18-7-5-6-8-19(18)15-17/h5-15H,16H2,1-4H3. The van der Waals surface area contributed by atoms with Crippen molar-refractivity contribution in [3.8, 4) is 5.75 Å². The highest BCUT2D eigenvalue weighted by molar-refractivity contribution is 6.62. The maximum absolute atomic E-state index is 6.10. The first-order valence-corrected chi connectivity index (χ1v) is 9.40. The van der Waals surface area contributed by atoms with E-state index in [4.69, 9.17) is 14.0 Å². The number of rotatable bonds is 4. The summed E-state index contributed by atoms with van der Waals surface area (Å²) in [4.78, 5) is 0. The Bertz CT molecular complexity index is 931. The van der Waals surface area contributed by atoms with Crippen molar-refractivity contribution in [3.63, 3.8) is 0 Å². The maximum atomic E-state index is 6.10. The van der Waals surface area contributed by atoms with Crippen LogP contribution in [0, 0.1) is 0 Å².